The smallest absolute Gasteiger partial charge is 0.325 e. The molecule has 1 aliphatic rings. The number of fused-ring (bicyclic) bond motifs is 3. The van der Waals surface area contributed by atoms with Gasteiger partial charge in [-0.15, -0.1) is 0 Å². The normalized spacial score (nSPS) is 19.6. The number of nitrogens with zero attached hydrogens (tertiary/aromatic N) is 3. The Kier molecular flexibility index (Phi) is 4.20. The maximum atomic E-state index is 12.7. The minimum absolute atomic E-state index is 0.234. The SMILES string of the molecule is CCOC(=O)CNC(=O)C1(C)Cn2c(nc3ccccc32)C(=O)N1C. The molecule has 0 radical (unpaired) electrons. The number of hydrogen-bond donors (Lipinski definition) is 1. The molecule has 0 aliphatic carbocycles. The fraction of sp³-hybridized carbons (Fsp3) is 0.412. The van der Waals surface area contributed by atoms with Crippen molar-refractivity contribution in [3.63, 3.8) is 0 Å². The number of amides is 2. The van der Waals surface area contributed by atoms with Crippen molar-refractivity contribution in [2.75, 3.05) is 20.2 Å². The Labute approximate surface area is 144 Å². The van der Waals surface area contributed by atoms with E-state index in [1.807, 2.05) is 24.3 Å². The van der Waals surface area contributed by atoms with Crippen LogP contribution < -0.4 is 5.32 Å². The number of para-hydroxylation sites is 2. The number of carbonyl (C=O) groups excluding carboxylic acids is 3. The van der Waals surface area contributed by atoms with E-state index in [1.165, 1.54) is 4.90 Å². The van der Waals surface area contributed by atoms with Gasteiger partial charge in [0, 0.05) is 7.05 Å². The van der Waals surface area contributed by atoms with Crippen molar-refractivity contribution >= 4 is 28.8 Å². The second-order valence-corrected chi connectivity index (χ2v) is 6.14. The van der Waals surface area contributed by atoms with Gasteiger partial charge >= 0.3 is 5.97 Å². The van der Waals surface area contributed by atoms with Gasteiger partial charge in [-0.2, -0.15) is 0 Å². The predicted molar refractivity (Wildman–Crippen MR) is 89.9 cm³/mol. The average molecular weight is 344 g/mol. The summed E-state index contributed by atoms with van der Waals surface area (Å²) in [7, 11) is 1.56. The largest absolute Gasteiger partial charge is 0.465 e. The van der Waals surface area contributed by atoms with Gasteiger partial charge in [-0.05, 0) is 26.0 Å². The van der Waals surface area contributed by atoms with Crippen molar-refractivity contribution < 1.29 is 19.1 Å². The summed E-state index contributed by atoms with van der Waals surface area (Å²) < 4.78 is 6.56. The predicted octanol–water partition coefficient (Wildman–Crippen LogP) is 0.560. The second kappa shape index (κ2) is 6.19. The molecule has 0 saturated heterocycles. The lowest BCUT2D eigenvalue weighted by Gasteiger charge is -2.41. The van der Waals surface area contributed by atoms with Crippen LogP contribution in [0.25, 0.3) is 11.0 Å². The molecule has 0 spiro atoms. The Balaban J connectivity index is 1.91. The second-order valence-electron chi connectivity index (χ2n) is 6.14. The molecular formula is C17H20N4O4. The summed E-state index contributed by atoms with van der Waals surface area (Å²) in [5, 5.41) is 2.56. The number of benzene rings is 1. The van der Waals surface area contributed by atoms with Crippen LogP contribution in [-0.2, 0) is 20.9 Å². The number of aromatic nitrogens is 2. The highest BCUT2D eigenvalue weighted by molar-refractivity contribution is 6.01. The zero-order chi connectivity index (χ0) is 18.2. The van der Waals surface area contributed by atoms with E-state index in [1.54, 1.807) is 25.5 Å². The van der Waals surface area contributed by atoms with Crippen LogP contribution in [0.2, 0.25) is 0 Å². The van der Waals surface area contributed by atoms with Gasteiger partial charge in [-0.1, -0.05) is 12.1 Å². The lowest BCUT2D eigenvalue weighted by molar-refractivity contribution is -0.144. The topological polar surface area (TPSA) is 93.5 Å². The molecule has 0 fully saturated rings. The highest BCUT2D eigenvalue weighted by Crippen LogP contribution is 2.29. The van der Waals surface area contributed by atoms with Crippen LogP contribution in [0.5, 0.6) is 0 Å². The summed E-state index contributed by atoms with van der Waals surface area (Å²) in [5.41, 5.74) is 0.360. The summed E-state index contributed by atoms with van der Waals surface area (Å²) >= 11 is 0. The number of imidazole rings is 1. The van der Waals surface area contributed by atoms with Crippen molar-refractivity contribution in [3.05, 3.63) is 30.1 Å². The molecule has 3 rings (SSSR count). The highest BCUT2D eigenvalue weighted by atomic mass is 16.5. The Bertz CT molecular complexity index is 859. The van der Waals surface area contributed by atoms with Crippen LogP contribution >= 0.6 is 0 Å². The van der Waals surface area contributed by atoms with E-state index in [9.17, 15) is 14.4 Å². The summed E-state index contributed by atoms with van der Waals surface area (Å²) in [4.78, 5) is 42.6. The number of rotatable bonds is 4. The third-order valence-corrected chi connectivity index (χ3v) is 4.54. The summed E-state index contributed by atoms with van der Waals surface area (Å²) in [5.74, 6) is -0.964. The molecule has 2 heterocycles. The molecule has 2 aromatic rings. The zero-order valence-corrected chi connectivity index (χ0v) is 14.4. The van der Waals surface area contributed by atoms with E-state index in [0.717, 1.165) is 5.52 Å². The van der Waals surface area contributed by atoms with Crippen molar-refractivity contribution in [1.82, 2.24) is 19.8 Å². The Morgan fingerprint density at radius 2 is 2.08 bits per heavy atom. The standard InChI is InChI=1S/C17H20N4O4/c1-4-25-13(22)9-18-16(24)17(2)10-21-12-8-6-5-7-11(12)19-14(21)15(23)20(17)3/h5-8H,4,9-10H2,1-3H3,(H,18,24). The van der Waals surface area contributed by atoms with Gasteiger partial charge in [0.05, 0.1) is 24.2 Å². The first-order chi connectivity index (χ1) is 11.9. The van der Waals surface area contributed by atoms with Gasteiger partial charge in [0.15, 0.2) is 5.82 Å². The highest BCUT2D eigenvalue weighted by Gasteiger charge is 2.46. The van der Waals surface area contributed by atoms with Crippen LogP contribution in [0.1, 0.15) is 24.5 Å². The first-order valence-electron chi connectivity index (χ1n) is 8.06. The summed E-state index contributed by atoms with van der Waals surface area (Å²) in [6.45, 7) is 3.62. The molecule has 1 aromatic heterocycles. The molecule has 25 heavy (non-hydrogen) atoms. The van der Waals surface area contributed by atoms with Crippen LogP contribution in [0.15, 0.2) is 24.3 Å². The molecule has 1 atom stereocenters. The molecular weight excluding hydrogens is 324 g/mol. The fourth-order valence-corrected chi connectivity index (χ4v) is 2.97. The van der Waals surface area contributed by atoms with Crippen LogP contribution in [0, 0.1) is 0 Å². The van der Waals surface area contributed by atoms with Gasteiger partial charge < -0.3 is 19.5 Å². The van der Waals surface area contributed by atoms with Crippen LogP contribution in [0.4, 0.5) is 0 Å². The first-order valence-corrected chi connectivity index (χ1v) is 8.06. The molecule has 2 amide bonds. The van der Waals surface area contributed by atoms with E-state index in [4.69, 9.17) is 4.74 Å². The number of ether oxygens (including phenoxy) is 1. The molecule has 1 aliphatic heterocycles. The Morgan fingerprint density at radius 3 is 2.80 bits per heavy atom. The number of hydrogen-bond acceptors (Lipinski definition) is 5. The van der Waals surface area contributed by atoms with Gasteiger partial charge in [0.25, 0.3) is 5.91 Å². The third-order valence-electron chi connectivity index (χ3n) is 4.54. The lowest BCUT2D eigenvalue weighted by atomic mass is 9.96. The minimum atomic E-state index is -1.14. The quantitative estimate of drug-likeness (QED) is 0.818. The van der Waals surface area contributed by atoms with Crippen molar-refractivity contribution in [2.24, 2.45) is 0 Å². The average Bonchev–Trinajstić information content (AvgIpc) is 2.96. The van der Waals surface area contributed by atoms with E-state index < -0.39 is 17.4 Å². The molecule has 0 bridgehead atoms. The summed E-state index contributed by atoms with van der Waals surface area (Å²) in [6.07, 6.45) is 0. The van der Waals surface area contributed by atoms with Crippen molar-refractivity contribution in [3.8, 4) is 0 Å². The maximum Gasteiger partial charge on any atom is 0.325 e. The third kappa shape index (κ3) is 2.73. The van der Waals surface area contributed by atoms with Gasteiger partial charge in [0.2, 0.25) is 5.91 Å². The Hall–Kier alpha value is -2.90. The van der Waals surface area contributed by atoms with Crippen LogP contribution in [0.3, 0.4) is 0 Å². The molecule has 0 saturated carbocycles. The van der Waals surface area contributed by atoms with E-state index >= 15 is 0 Å². The fourth-order valence-electron chi connectivity index (χ4n) is 2.97. The lowest BCUT2D eigenvalue weighted by Crippen LogP contribution is -2.63. The van der Waals surface area contributed by atoms with E-state index in [2.05, 4.69) is 10.3 Å². The first kappa shape index (κ1) is 16.9. The van der Waals surface area contributed by atoms with Gasteiger partial charge in [-0.25, -0.2) is 4.98 Å². The number of esters is 1. The molecule has 1 unspecified atom stereocenters. The van der Waals surface area contributed by atoms with E-state index in [-0.39, 0.29) is 25.6 Å². The molecule has 8 nitrogen and oxygen atoms in total. The summed E-state index contributed by atoms with van der Waals surface area (Å²) in [6, 6.07) is 7.40. The van der Waals surface area contributed by atoms with Crippen molar-refractivity contribution in [1.29, 1.82) is 0 Å². The zero-order valence-electron chi connectivity index (χ0n) is 14.4. The molecule has 8 heteroatoms. The van der Waals surface area contributed by atoms with Gasteiger partial charge in [0.1, 0.15) is 12.1 Å². The van der Waals surface area contributed by atoms with E-state index in [0.29, 0.717) is 11.3 Å². The number of nitrogens with one attached hydrogen (secondary N) is 1. The van der Waals surface area contributed by atoms with Crippen LogP contribution in [-0.4, -0.2) is 58.0 Å². The minimum Gasteiger partial charge on any atom is -0.465 e. The molecule has 1 aromatic carbocycles. The monoisotopic (exact) mass is 344 g/mol. The van der Waals surface area contributed by atoms with Gasteiger partial charge in [-0.3, -0.25) is 14.4 Å². The molecule has 132 valence electrons. The number of likely N-dealkylation sites (N-methyl/N-ethyl adjacent to an activating group) is 1. The number of carbonyl (C=O) groups is 3. The molecule has 1 N–H and O–H groups in total. The Morgan fingerprint density at radius 1 is 1.36 bits per heavy atom. The maximum absolute atomic E-state index is 12.7. The van der Waals surface area contributed by atoms with Crippen molar-refractivity contribution in [2.45, 2.75) is 25.9 Å².